The van der Waals surface area contributed by atoms with Crippen molar-refractivity contribution in [3.63, 3.8) is 0 Å². The molecule has 0 bridgehead atoms. The molecule has 4 heterocycles. The zero-order valence-corrected chi connectivity index (χ0v) is 11.5. The van der Waals surface area contributed by atoms with Gasteiger partial charge in [0.15, 0.2) is 0 Å². The number of fused-ring (bicyclic) bond motifs is 1. The fourth-order valence-corrected chi connectivity index (χ4v) is 2.80. The van der Waals surface area contributed by atoms with E-state index < -0.39 is 0 Å². The summed E-state index contributed by atoms with van der Waals surface area (Å²) in [7, 11) is 0. The Morgan fingerprint density at radius 3 is 2.95 bits per heavy atom. The largest absolute Gasteiger partial charge is 0.383 e. The molecular formula is C14H16N6O. The Morgan fingerprint density at radius 2 is 2.10 bits per heavy atom. The van der Waals surface area contributed by atoms with Crippen LogP contribution in [0.25, 0.3) is 22.0 Å². The van der Waals surface area contributed by atoms with Gasteiger partial charge in [-0.2, -0.15) is 10.2 Å². The van der Waals surface area contributed by atoms with Crippen molar-refractivity contribution in [2.75, 3.05) is 18.9 Å². The van der Waals surface area contributed by atoms with E-state index in [0.29, 0.717) is 11.9 Å². The van der Waals surface area contributed by atoms with Crippen molar-refractivity contribution in [3.05, 3.63) is 24.8 Å². The van der Waals surface area contributed by atoms with Crippen LogP contribution in [0.2, 0.25) is 0 Å². The van der Waals surface area contributed by atoms with Crippen LogP contribution in [0.3, 0.4) is 0 Å². The average molecular weight is 284 g/mol. The number of aromatic nitrogens is 5. The van der Waals surface area contributed by atoms with Crippen LogP contribution in [0.4, 0.5) is 5.82 Å². The summed E-state index contributed by atoms with van der Waals surface area (Å²) in [6.45, 7) is 1.60. The van der Waals surface area contributed by atoms with Crippen molar-refractivity contribution in [2.24, 2.45) is 0 Å². The molecular weight excluding hydrogens is 268 g/mol. The quantitative estimate of drug-likeness (QED) is 0.747. The first-order chi connectivity index (χ1) is 10.3. The fraction of sp³-hybridized carbons (Fsp3) is 0.357. The first kappa shape index (κ1) is 12.3. The Hall–Kier alpha value is -2.41. The van der Waals surface area contributed by atoms with Crippen LogP contribution < -0.4 is 5.73 Å². The molecule has 0 aromatic carbocycles. The fourth-order valence-electron chi connectivity index (χ4n) is 2.80. The van der Waals surface area contributed by atoms with Crippen molar-refractivity contribution < 1.29 is 4.74 Å². The molecule has 0 radical (unpaired) electrons. The molecule has 108 valence electrons. The molecule has 3 aromatic rings. The minimum atomic E-state index is 0.409. The van der Waals surface area contributed by atoms with Crippen molar-refractivity contribution in [2.45, 2.75) is 18.9 Å². The zero-order valence-electron chi connectivity index (χ0n) is 11.5. The summed E-state index contributed by atoms with van der Waals surface area (Å²) < 4.78 is 7.42. The molecule has 1 fully saturated rings. The Bertz CT molecular complexity index is 771. The molecule has 1 saturated heterocycles. The van der Waals surface area contributed by atoms with Crippen LogP contribution in [0, 0.1) is 0 Å². The molecule has 0 amide bonds. The van der Waals surface area contributed by atoms with Crippen LogP contribution in [-0.2, 0) is 4.74 Å². The molecule has 0 atom stereocenters. The van der Waals surface area contributed by atoms with Crippen LogP contribution in [-0.4, -0.2) is 38.2 Å². The maximum atomic E-state index is 5.86. The molecule has 4 rings (SSSR count). The van der Waals surface area contributed by atoms with Gasteiger partial charge in [-0.1, -0.05) is 0 Å². The number of rotatable bonds is 2. The monoisotopic (exact) mass is 284 g/mol. The zero-order chi connectivity index (χ0) is 14.2. The minimum Gasteiger partial charge on any atom is -0.383 e. The number of anilines is 1. The molecule has 1 aliphatic rings. The van der Waals surface area contributed by atoms with Crippen molar-refractivity contribution in [1.82, 2.24) is 25.0 Å². The van der Waals surface area contributed by atoms with Crippen molar-refractivity contribution in [3.8, 4) is 11.1 Å². The summed E-state index contributed by atoms with van der Waals surface area (Å²) in [5, 5.41) is 12.4. The Kier molecular flexibility index (Phi) is 2.85. The maximum Gasteiger partial charge on any atom is 0.134 e. The van der Waals surface area contributed by atoms with Crippen LogP contribution in [0.1, 0.15) is 18.9 Å². The number of nitrogens with two attached hydrogens (primary N) is 1. The summed E-state index contributed by atoms with van der Waals surface area (Å²) in [4.78, 5) is 4.24. The van der Waals surface area contributed by atoms with Crippen LogP contribution >= 0.6 is 0 Å². The lowest BCUT2D eigenvalue weighted by atomic mass is 10.1. The van der Waals surface area contributed by atoms with Gasteiger partial charge in [0, 0.05) is 36.7 Å². The third-order valence-corrected chi connectivity index (χ3v) is 3.99. The molecule has 1 aliphatic heterocycles. The van der Waals surface area contributed by atoms with Crippen molar-refractivity contribution >= 4 is 16.7 Å². The Labute approximate surface area is 121 Å². The van der Waals surface area contributed by atoms with E-state index >= 15 is 0 Å². The van der Waals surface area contributed by atoms with E-state index in [4.69, 9.17) is 10.5 Å². The third kappa shape index (κ3) is 2.06. The summed E-state index contributed by atoms with van der Waals surface area (Å²) in [5.74, 6) is 0.485. The van der Waals surface area contributed by atoms with E-state index in [2.05, 4.69) is 26.5 Å². The predicted octanol–water partition coefficient (Wildman–Crippen LogP) is 1.76. The minimum absolute atomic E-state index is 0.409. The highest BCUT2D eigenvalue weighted by molar-refractivity contribution is 5.97. The smallest absolute Gasteiger partial charge is 0.134 e. The summed E-state index contributed by atoms with van der Waals surface area (Å²) in [6, 6.07) is 0.409. The van der Waals surface area contributed by atoms with E-state index in [0.717, 1.165) is 48.1 Å². The highest BCUT2D eigenvalue weighted by Crippen LogP contribution is 2.30. The second-order valence-corrected chi connectivity index (χ2v) is 5.27. The van der Waals surface area contributed by atoms with Gasteiger partial charge >= 0.3 is 0 Å². The number of hydrogen-bond donors (Lipinski definition) is 2. The van der Waals surface area contributed by atoms with E-state index in [1.807, 2.05) is 10.9 Å². The number of nitrogens with zero attached hydrogens (tertiary/aromatic N) is 4. The van der Waals surface area contributed by atoms with Gasteiger partial charge in [-0.3, -0.25) is 9.78 Å². The summed E-state index contributed by atoms with van der Waals surface area (Å²) >= 11 is 0. The number of aromatic amines is 1. The van der Waals surface area contributed by atoms with Gasteiger partial charge in [-0.15, -0.1) is 0 Å². The first-order valence-electron chi connectivity index (χ1n) is 7.03. The lowest BCUT2D eigenvalue weighted by Gasteiger charge is -2.22. The first-order valence-corrected chi connectivity index (χ1v) is 7.03. The van der Waals surface area contributed by atoms with E-state index in [-0.39, 0.29) is 0 Å². The summed E-state index contributed by atoms with van der Waals surface area (Å²) in [6.07, 6.45) is 9.39. The van der Waals surface area contributed by atoms with Gasteiger partial charge < -0.3 is 10.5 Å². The molecule has 0 aliphatic carbocycles. The lowest BCUT2D eigenvalue weighted by molar-refractivity contribution is 0.0662. The van der Waals surface area contributed by atoms with Crippen LogP contribution in [0.5, 0.6) is 0 Å². The van der Waals surface area contributed by atoms with Gasteiger partial charge in [0.05, 0.1) is 29.3 Å². The number of ether oxygens (including phenoxy) is 1. The van der Waals surface area contributed by atoms with Gasteiger partial charge in [-0.25, -0.2) is 4.98 Å². The molecule has 7 heteroatoms. The molecule has 0 unspecified atom stereocenters. The molecule has 7 nitrogen and oxygen atoms in total. The maximum absolute atomic E-state index is 5.86. The van der Waals surface area contributed by atoms with E-state index in [1.54, 1.807) is 12.4 Å². The standard InChI is InChI=1S/C14H16N6O/c15-14-12-7-17-19-13(12)11(6-16-14)9-5-18-20(8-9)10-1-3-21-4-2-10/h5-8,10H,1-4H2,(H2,15,16)(H,17,19). The Balaban J connectivity index is 1.74. The molecule has 3 N–H and O–H groups in total. The number of nitrogen functional groups attached to an aromatic ring is 1. The average Bonchev–Trinajstić information content (AvgIpc) is 3.18. The second kappa shape index (κ2) is 4.85. The lowest BCUT2D eigenvalue weighted by Crippen LogP contribution is -2.19. The number of pyridine rings is 1. The predicted molar refractivity (Wildman–Crippen MR) is 78.6 cm³/mol. The second-order valence-electron chi connectivity index (χ2n) is 5.27. The van der Waals surface area contributed by atoms with Crippen LogP contribution in [0.15, 0.2) is 24.8 Å². The number of H-pyrrole nitrogens is 1. The highest BCUT2D eigenvalue weighted by Gasteiger charge is 2.18. The van der Waals surface area contributed by atoms with E-state index in [9.17, 15) is 0 Å². The van der Waals surface area contributed by atoms with Gasteiger partial charge in [0.2, 0.25) is 0 Å². The van der Waals surface area contributed by atoms with Gasteiger partial charge in [-0.05, 0) is 12.8 Å². The van der Waals surface area contributed by atoms with Crippen molar-refractivity contribution in [1.29, 1.82) is 0 Å². The molecule has 0 saturated carbocycles. The van der Waals surface area contributed by atoms with Gasteiger partial charge in [0.1, 0.15) is 5.82 Å². The summed E-state index contributed by atoms with van der Waals surface area (Å²) in [5.41, 5.74) is 8.75. The normalized spacial score (nSPS) is 16.6. The Morgan fingerprint density at radius 1 is 1.24 bits per heavy atom. The molecule has 3 aromatic heterocycles. The molecule has 0 spiro atoms. The van der Waals surface area contributed by atoms with E-state index in [1.165, 1.54) is 0 Å². The SMILES string of the molecule is Nc1ncc(-c2cnn(C3CCOCC3)c2)c2[nH]ncc12. The molecule has 21 heavy (non-hydrogen) atoms. The topological polar surface area (TPSA) is 94.6 Å². The number of nitrogens with one attached hydrogen (secondary N) is 1. The number of hydrogen-bond acceptors (Lipinski definition) is 5. The third-order valence-electron chi connectivity index (χ3n) is 3.99. The highest BCUT2D eigenvalue weighted by atomic mass is 16.5. The van der Waals surface area contributed by atoms with Gasteiger partial charge in [0.25, 0.3) is 0 Å².